The number of rotatable bonds is 5. The summed E-state index contributed by atoms with van der Waals surface area (Å²) in [4.78, 5) is 24.1. The van der Waals surface area contributed by atoms with E-state index in [9.17, 15) is 9.59 Å². The first-order chi connectivity index (χ1) is 12.7. The molecule has 0 radical (unpaired) electrons. The van der Waals surface area contributed by atoms with Crippen LogP contribution in [0.4, 0.5) is 5.69 Å². The van der Waals surface area contributed by atoms with E-state index >= 15 is 0 Å². The summed E-state index contributed by atoms with van der Waals surface area (Å²) in [6, 6.07) is 14.7. The molecule has 0 atom stereocenters. The van der Waals surface area contributed by atoms with E-state index in [-0.39, 0.29) is 11.9 Å². The second-order valence-corrected chi connectivity index (χ2v) is 6.71. The lowest BCUT2D eigenvalue weighted by molar-refractivity contribution is 0.0526. The Kier molecular flexibility index (Phi) is 6.05. The van der Waals surface area contributed by atoms with Gasteiger partial charge in [-0.2, -0.15) is 0 Å². The topological polar surface area (TPSA) is 55.4 Å². The van der Waals surface area contributed by atoms with E-state index in [1.54, 1.807) is 31.2 Å². The number of benzene rings is 2. The molecule has 1 aliphatic rings. The summed E-state index contributed by atoms with van der Waals surface area (Å²) in [5.41, 5.74) is 3.10. The fourth-order valence-corrected chi connectivity index (χ4v) is 3.45. The highest BCUT2D eigenvalue weighted by atomic mass is 16.5. The van der Waals surface area contributed by atoms with E-state index in [1.807, 2.05) is 12.1 Å². The normalized spacial score (nSPS) is 14.7. The fraction of sp³-hybridized carbons (Fsp3) is 0.364. The van der Waals surface area contributed by atoms with Crippen LogP contribution in [0.15, 0.2) is 48.5 Å². The number of nitrogens with one attached hydrogen (secondary N) is 1. The van der Waals surface area contributed by atoms with Crippen LogP contribution >= 0.6 is 0 Å². The van der Waals surface area contributed by atoms with Crippen molar-refractivity contribution in [3.05, 3.63) is 65.2 Å². The summed E-state index contributed by atoms with van der Waals surface area (Å²) in [6.07, 6.45) is 6.44. The zero-order chi connectivity index (χ0) is 18.4. The molecule has 0 bridgehead atoms. The van der Waals surface area contributed by atoms with Crippen LogP contribution in [0.2, 0.25) is 0 Å². The molecule has 0 aromatic heterocycles. The van der Waals surface area contributed by atoms with Gasteiger partial charge in [0.25, 0.3) is 5.91 Å². The molecule has 2 aromatic carbocycles. The van der Waals surface area contributed by atoms with Gasteiger partial charge >= 0.3 is 5.97 Å². The average Bonchev–Trinajstić information content (AvgIpc) is 2.69. The van der Waals surface area contributed by atoms with Gasteiger partial charge in [0.15, 0.2) is 0 Å². The maximum atomic E-state index is 12.4. The minimum Gasteiger partial charge on any atom is -0.462 e. The van der Waals surface area contributed by atoms with E-state index in [0.717, 1.165) is 0 Å². The predicted molar refractivity (Wildman–Crippen MR) is 103 cm³/mol. The van der Waals surface area contributed by atoms with Crippen LogP contribution in [-0.2, 0) is 4.74 Å². The largest absolute Gasteiger partial charge is 0.462 e. The van der Waals surface area contributed by atoms with Gasteiger partial charge in [-0.25, -0.2) is 4.79 Å². The van der Waals surface area contributed by atoms with Crippen molar-refractivity contribution in [3.8, 4) is 0 Å². The highest BCUT2D eigenvalue weighted by Gasteiger charge is 2.16. The molecule has 2 aromatic rings. The van der Waals surface area contributed by atoms with Crippen LogP contribution in [0, 0.1) is 0 Å². The fourth-order valence-electron chi connectivity index (χ4n) is 3.45. The Morgan fingerprint density at radius 3 is 2.15 bits per heavy atom. The molecule has 3 rings (SSSR count). The Bertz CT molecular complexity index is 744. The quantitative estimate of drug-likeness (QED) is 0.757. The van der Waals surface area contributed by atoms with Crippen LogP contribution in [0.5, 0.6) is 0 Å². The minimum absolute atomic E-state index is 0.149. The van der Waals surface area contributed by atoms with Crippen molar-refractivity contribution in [2.24, 2.45) is 0 Å². The van der Waals surface area contributed by atoms with E-state index in [0.29, 0.717) is 29.3 Å². The molecule has 136 valence electrons. The van der Waals surface area contributed by atoms with Gasteiger partial charge in [-0.05, 0) is 67.6 Å². The van der Waals surface area contributed by atoms with Crippen molar-refractivity contribution < 1.29 is 14.3 Å². The summed E-state index contributed by atoms with van der Waals surface area (Å²) in [6.45, 7) is 2.11. The highest BCUT2D eigenvalue weighted by molar-refractivity contribution is 6.04. The van der Waals surface area contributed by atoms with E-state index < -0.39 is 0 Å². The summed E-state index contributed by atoms with van der Waals surface area (Å²) in [5.74, 6) is 0.129. The Balaban J connectivity index is 1.61. The van der Waals surface area contributed by atoms with Crippen molar-refractivity contribution in [2.75, 3.05) is 11.9 Å². The van der Waals surface area contributed by atoms with Crippen LogP contribution < -0.4 is 5.32 Å². The lowest BCUT2D eigenvalue weighted by Crippen LogP contribution is -2.12. The third-order valence-corrected chi connectivity index (χ3v) is 4.90. The molecule has 0 spiro atoms. The monoisotopic (exact) mass is 351 g/mol. The van der Waals surface area contributed by atoms with Crippen LogP contribution in [0.25, 0.3) is 0 Å². The number of carbonyl (C=O) groups is 2. The van der Waals surface area contributed by atoms with E-state index in [1.165, 1.54) is 37.7 Å². The third kappa shape index (κ3) is 4.51. The summed E-state index contributed by atoms with van der Waals surface area (Å²) < 4.78 is 4.95. The number of esters is 1. The molecule has 26 heavy (non-hydrogen) atoms. The maximum Gasteiger partial charge on any atom is 0.338 e. The first kappa shape index (κ1) is 18.2. The second kappa shape index (κ2) is 8.65. The maximum absolute atomic E-state index is 12.4. The van der Waals surface area contributed by atoms with Gasteiger partial charge < -0.3 is 10.1 Å². The average molecular weight is 351 g/mol. The molecule has 0 saturated heterocycles. The molecule has 1 N–H and O–H groups in total. The molecule has 1 aliphatic carbocycles. The first-order valence-electron chi connectivity index (χ1n) is 9.36. The molecular formula is C22H25NO3. The van der Waals surface area contributed by atoms with E-state index in [2.05, 4.69) is 17.4 Å². The molecule has 0 unspecified atom stereocenters. The molecule has 1 amide bonds. The van der Waals surface area contributed by atoms with Gasteiger partial charge in [0.1, 0.15) is 0 Å². The standard InChI is InChI=1S/C22H25NO3/c1-2-26-22(25)19-12-14-20(15-13-19)23-21(24)18-10-8-17(9-11-18)16-6-4-3-5-7-16/h8-16H,2-7H2,1H3,(H,23,24). The number of hydrogen-bond acceptors (Lipinski definition) is 3. The Morgan fingerprint density at radius 1 is 0.923 bits per heavy atom. The van der Waals surface area contributed by atoms with Crippen molar-refractivity contribution in [2.45, 2.75) is 44.9 Å². The van der Waals surface area contributed by atoms with Gasteiger partial charge in [-0.15, -0.1) is 0 Å². The summed E-state index contributed by atoms with van der Waals surface area (Å²) in [5, 5.41) is 2.86. The number of carbonyl (C=O) groups excluding carboxylic acids is 2. The van der Waals surface area contributed by atoms with Crippen molar-refractivity contribution in [3.63, 3.8) is 0 Å². The smallest absolute Gasteiger partial charge is 0.338 e. The number of amides is 1. The van der Waals surface area contributed by atoms with E-state index in [4.69, 9.17) is 4.74 Å². The Morgan fingerprint density at radius 2 is 1.54 bits per heavy atom. The number of hydrogen-bond donors (Lipinski definition) is 1. The molecule has 4 heteroatoms. The second-order valence-electron chi connectivity index (χ2n) is 6.71. The predicted octanol–water partition coefficient (Wildman–Crippen LogP) is 5.16. The van der Waals surface area contributed by atoms with Gasteiger partial charge in [-0.3, -0.25) is 4.79 Å². The molecule has 1 saturated carbocycles. The van der Waals surface area contributed by atoms with Crippen LogP contribution in [0.1, 0.15) is 71.2 Å². The Labute approximate surface area is 154 Å². The Hall–Kier alpha value is -2.62. The number of anilines is 1. The summed E-state index contributed by atoms with van der Waals surface area (Å²) in [7, 11) is 0. The van der Waals surface area contributed by atoms with Crippen LogP contribution in [-0.4, -0.2) is 18.5 Å². The SMILES string of the molecule is CCOC(=O)c1ccc(NC(=O)c2ccc(C3CCCCC3)cc2)cc1. The molecule has 0 heterocycles. The molecule has 1 fully saturated rings. The van der Waals surface area contributed by atoms with Crippen molar-refractivity contribution >= 4 is 17.6 Å². The lowest BCUT2D eigenvalue weighted by atomic mass is 9.84. The van der Waals surface area contributed by atoms with Crippen molar-refractivity contribution in [1.29, 1.82) is 0 Å². The van der Waals surface area contributed by atoms with Gasteiger partial charge in [0.05, 0.1) is 12.2 Å². The van der Waals surface area contributed by atoms with Gasteiger partial charge in [0, 0.05) is 11.3 Å². The molecular weight excluding hydrogens is 326 g/mol. The zero-order valence-corrected chi connectivity index (χ0v) is 15.2. The highest BCUT2D eigenvalue weighted by Crippen LogP contribution is 2.32. The van der Waals surface area contributed by atoms with Gasteiger partial charge in [0.2, 0.25) is 0 Å². The lowest BCUT2D eigenvalue weighted by Gasteiger charge is -2.22. The third-order valence-electron chi connectivity index (χ3n) is 4.90. The van der Waals surface area contributed by atoms with Crippen molar-refractivity contribution in [1.82, 2.24) is 0 Å². The minimum atomic E-state index is -0.358. The van der Waals surface area contributed by atoms with Crippen LogP contribution in [0.3, 0.4) is 0 Å². The molecule has 4 nitrogen and oxygen atoms in total. The summed E-state index contributed by atoms with van der Waals surface area (Å²) >= 11 is 0. The number of ether oxygens (including phenoxy) is 1. The zero-order valence-electron chi connectivity index (χ0n) is 15.2. The first-order valence-corrected chi connectivity index (χ1v) is 9.36. The molecule has 0 aliphatic heterocycles. The van der Waals surface area contributed by atoms with Gasteiger partial charge in [-0.1, -0.05) is 31.4 Å².